The first-order valence-corrected chi connectivity index (χ1v) is 4.92. The Hall–Kier alpha value is -2.12. The second-order valence-corrected chi connectivity index (χ2v) is 3.50. The van der Waals surface area contributed by atoms with Gasteiger partial charge in [-0.2, -0.15) is 0 Å². The van der Waals surface area contributed by atoms with Gasteiger partial charge >= 0.3 is 5.97 Å². The molecule has 0 aliphatic heterocycles. The van der Waals surface area contributed by atoms with E-state index in [2.05, 4.69) is 6.58 Å². The van der Waals surface area contributed by atoms with Crippen LogP contribution in [0, 0.1) is 29.1 Å². The fourth-order valence-electron chi connectivity index (χ4n) is 1.29. The van der Waals surface area contributed by atoms with E-state index in [1.165, 1.54) is 0 Å². The van der Waals surface area contributed by atoms with E-state index in [0.29, 0.717) is 0 Å². The maximum Gasteiger partial charge on any atom is 0.326 e. The largest absolute Gasteiger partial charge is 0.480 e. The smallest absolute Gasteiger partial charge is 0.326 e. The van der Waals surface area contributed by atoms with Gasteiger partial charge in [0.15, 0.2) is 23.3 Å². The lowest BCUT2D eigenvalue weighted by atomic mass is 10.1. The highest BCUT2D eigenvalue weighted by Gasteiger charge is 2.28. The SMILES string of the molecule is C=CCC(Nc1c(F)c(F)c(F)c(F)c1F)C(=O)O. The van der Waals surface area contributed by atoms with Crippen molar-refractivity contribution < 1.29 is 31.9 Å². The van der Waals surface area contributed by atoms with E-state index in [1.807, 2.05) is 0 Å². The fourth-order valence-corrected chi connectivity index (χ4v) is 1.29. The first-order chi connectivity index (χ1) is 8.81. The van der Waals surface area contributed by atoms with Crippen LogP contribution in [0.1, 0.15) is 6.42 Å². The number of hydrogen-bond acceptors (Lipinski definition) is 2. The molecule has 1 aromatic carbocycles. The molecule has 1 unspecified atom stereocenters. The number of carboxylic acids is 1. The molecule has 19 heavy (non-hydrogen) atoms. The summed E-state index contributed by atoms with van der Waals surface area (Å²) in [5.41, 5.74) is -1.38. The molecule has 104 valence electrons. The van der Waals surface area contributed by atoms with Gasteiger partial charge in [-0.15, -0.1) is 6.58 Å². The molecule has 0 aromatic heterocycles. The van der Waals surface area contributed by atoms with Crippen LogP contribution >= 0.6 is 0 Å². The number of aliphatic carboxylic acids is 1. The molecule has 0 fully saturated rings. The van der Waals surface area contributed by atoms with Crippen molar-refractivity contribution in [2.75, 3.05) is 5.32 Å². The molecule has 0 aliphatic carbocycles. The van der Waals surface area contributed by atoms with Crippen LogP contribution in [-0.4, -0.2) is 17.1 Å². The Morgan fingerprint density at radius 1 is 1.11 bits per heavy atom. The average Bonchev–Trinajstić information content (AvgIpc) is 2.37. The number of rotatable bonds is 5. The molecule has 0 heterocycles. The summed E-state index contributed by atoms with van der Waals surface area (Å²) >= 11 is 0. The van der Waals surface area contributed by atoms with Gasteiger partial charge in [0.1, 0.15) is 11.7 Å². The molecule has 1 aromatic rings. The van der Waals surface area contributed by atoms with Gasteiger partial charge in [0, 0.05) is 0 Å². The lowest BCUT2D eigenvalue weighted by molar-refractivity contribution is -0.137. The first kappa shape index (κ1) is 14.9. The zero-order valence-corrected chi connectivity index (χ0v) is 9.31. The minimum absolute atomic E-state index is 0.269. The van der Waals surface area contributed by atoms with Gasteiger partial charge in [0.2, 0.25) is 5.82 Å². The molecular weight excluding hydrogens is 273 g/mol. The summed E-state index contributed by atoms with van der Waals surface area (Å²) in [4.78, 5) is 10.7. The number of nitrogens with one attached hydrogen (secondary N) is 1. The Balaban J connectivity index is 3.27. The van der Waals surface area contributed by atoms with Crippen LogP contribution in [0.15, 0.2) is 12.7 Å². The lowest BCUT2D eigenvalue weighted by Gasteiger charge is -2.16. The maximum atomic E-state index is 13.3. The Morgan fingerprint density at radius 3 is 1.89 bits per heavy atom. The van der Waals surface area contributed by atoms with Crippen molar-refractivity contribution in [2.24, 2.45) is 0 Å². The Morgan fingerprint density at radius 2 is 1.53 bits per heavy atom. The third kappa shape index (κ3) is 2.83. The predicted molar refractivity (Wildman–Crippen MR) is 56.1 cm³/mol. The van der Waals surface area contributed by atoms with Crippen molar-refractivity contribution in [2.45, 2.75) is 12.5 Å². The molecule has 0 spiro atoms. The highest BCUT2D eigenvalue weighted by Crippen LogP contribution is 2.27. The van der Waals surface area contributed by atoms with E-state index in [4.69, 9.17) is 5.11 Å². The predicted octanol–water partition coefficient (Wildman–Crippen LogP) is 2.82. The van der Waals surface area contributed by atoms with E-state index in [-0.39, 0.29) is 6.42 Å². The number of carboxylic acid groups (broad SMARTS) is 1. The molecule has 0 aliphatic rings. The fraction of sp³-hybridized carbons (Fsp3) is 0.182. The van der Waals surface area contributed by atoms with Crippen molar-refractivity contribution >= 4 is 11.7 Å². The minimum Gasteiger partial charge on any atom is -0.480 e. The quantitative estimate of drug-likeness (QED) is 0.377. The second-order valence-electron chi connectivity index (χ2n) is 3.50. The summed E-state index contributed by atoms with van der Waals surface area (Å²) in [5, 5.41) is 10.5. The van der Waals surface area contributed by atoms with E-state index in [1.54, 1.807) is 5.32 Å². The lowest BCUT2D eigenvalue weighted by Crippen LogP contribution is -2.30. The molecule has 8 heteroatoms. The molecule has 3 nitrogen and oxygen atoms in total. The van der Waals surface area contributed by atoms with Crippen LogP contribution in [0.5, 0.6) is 0 Å². The molecule has 2 N–H and O–H groups in total. The third-order valence-corrected chi connectivity index (χ3v) is 2.23. The van der Waals surface area contributed by atoms with Crippen LogP contribution in [0.4, 0.5) is 27.6 Å². The van der Waals surface area contributed by atoms with Gasteiger partial charge in [-0.3, -0.25) is 0 Å². The van der Waals surface area contributed by atoms with Crippen molar-refractivity contribution in [1.82, 2.24) is 0 Å². The molecule has 0 saturated carbocycles. The molecule has 0 bridgehead atoms. The third-order valence-electron chi connectivity index (χ3n) is 2.23. The van der Waals surface area contributed by atoms with Gasteiger partial charge in [-0.25, -0.2) is 26.7 Å². The van der Waals surface area contributed by atoms with Crippen LogP contribution in [0.3, 0.4) is 0 Å². The topological polar surface area (TPSA) is 49.3 Å². The highest BCUT2D eigenvalue weighted by atomic mass is 19.2. The summed E-state index contributed by atoms with van der Waals surface area (Å²) in [6, 6.07) is -1.56. The van der Waals surface area contributed by atoms with Crippen LogP contribution in [0.25, 0.3) is 0 Å². The molecular formula is C11H8F5NO2. The Labute approximate surface area is 104 Å². The van der Waals surface area contributed by atoms with Crippen molar-refractivity contribution in [3.63, 3.8) is 0 Å². The Bertz CT molecular complexity index is 503. The Kier molecular flexibility index (Phi) is 4.47. The second kappa shape index (κ2) is 5.68. The molecule has 1 rings (SSSR count). The summed E-state index contributed by atoms with van der Waals surface area (Å²) in [5.74, 6) is -12.4. The van der Waals surface area contributed by atoms with E-state index in [0.717, 1.165) is 6.08 Å². The molecule has 0 saturated heterocycles. The summed E-state index contributed by atoms with van der Waals surface area (Å²) in [7, 11) is 0. The number of anilines is 1. The molecule has 0 radical (unpaired) electrons. The number of halogens is 5. The van der Waals surface area contributed by atoms with Crippen molar-refractivity contribution in [1.29, 1.82) is 0 Å². The molecule has 0 amide bonds. The van der Waals surface area contributed by atoms with Gasteiger partial charge in [-0.1, -0.05) is 6.08 Å². The van der Waals surface area contributed by atoms with Crippen molar-refractivity contribution in [3.05, 3.63) is 41.7 Å². The average molecular weight is 281 g/mol. The van der Waals surface area contributed by atoms with E-state index >= 15 is 0 Å². The maximum absolute atomic E-state index is 13.3. The standard InChI is InChI=1S/C11H8F5NO2/c1-2-3-4(11(18)19)17-10-8(15)6(13)5(12)7(14)9(10)16/h2,4,17H,1,3H2,(H,18,19). The normalized spacial score (nSPS) is 12.1. The monoisotopic (exact) mass is 281 g/mol. The van der Waals surface area contributed by atoms with E-state index in [9.17, 15) is 26.7 Å². The zero-order valence-electron chi connectivity index (χ0n) is 9.31. The van der Waals surface area contributed by atoms with Gasteiger partial charge < -0.3 is 10.4 Å². The summed E-state index contributed by atoms with van der Waals surface area (Å²) in [6.45, 7) is 3.22. The summed E-state index contributed by atoms with van der Waals surface area (Å²) < 4.78 is 65.0. The van der Waals surface area contributed by atoms with Gasteiger partial charge in [0.05, 0.1) is 0 Å². The van der Waals surface area contributed by atoms with Crippen LogP contribution in [-0.2, 0) is 4.79 Å². The summed E-state index contributed by atoms with van der Waals surface area (Å²) in [6.07, 6.45) is 0.854. The minimum atomic E-state index is -2.31. The zero-order chi connectivity index (χ0) is 14.7. The van der Waals surface area contributed by atoms with Gasteiger partial charge in [-0.05, 0) is 6.42 Å². The number of benzene rings is 1. The van der Waals surface area contributed by atoms with Crippen LogP contribution < -0.4 is 5.32 Å². The van der Waals surface area contributed by atoms with Crippen molar-refractivity contribution in [3.8, 4) is 0 Å². The number of carbonyl (C=O) groups is 1. The van der Waals surface area contributed by atoms with Gasteiger partial charge in [0.25, 0.3) is 0 Å². The number of hydrogen-bond donors (Lipinski definition) is 2. The highest BCUT2D eigenvalue weighted by molar-refractivity contribution is 5.77. The first-order valence-electron chi connectivity index (χ1n) is 4.92. The molecule has 1 atom stereocenters. The van der Waals surface area contributed by atoms with E-state index < -0.39 is 46.8 Å². The van der Waals surface area contributed by atoms with Crippen LogP contribution in [0.2, 0.25) is 0 Å².